The number of ether oxygens (including phenoxy) is 4. The van der Waals surface area contributed by atoms with E-state index in [0.717, 1.165) is 161 Å². The summed E-state index contributed by atoms with van der Waals surface area (Å²) in [6.07, 6.45) is 71.6. The maximum absolute atomic E-state index is 13.1. The zero-order valence-corrected chi connectivity index (χ0v) is 64.0. The van der Waals surface area contributed by atoms with Gasteiger partial charge in [0, 0.05) is 25.7 Å². The van der Waals surface area contributed by atoms with Gasteiger partial charge in [-0.05, 0) is 135 Å². The van der Waals surface area contributed by atoms with Crippen LogP contribution >= 0.6 is 15.6 Å². The third-order valence-corrected chi connectivity index (χ3v) is 18.5. The lowest BCUT2D eigenvalue weighted by Gasteiger charge is -2.21. The second kappa shape index (κ2) is 71.9. The predicted molar refractivity (Wildman–Crippen MR) is 400 cm³/mol. The average Bonchev–Trinajstić information content (AvgIpc) is 0.984. The molecule has 0 aromatic rings. The minimum atomic E-state index is -4.98. The molecular weight excluding hydrogens is 1280 g/mol. The Bertz CT molecular complexity index is 2140. The van der Waals surface area contributed by atoms with Crippen LogP contribution in [0.5, 0.6) is 0 Å². The van der Waals surface area contributed by atoms with Crippen LogP contribution in [0.2, 0.25) is 0 Å². The monoisotopic (exact) mass is 1420 g/mol. The number of aliphatic hydroxyl groups excluding tert-OH is 1. The van der Waals surface area contributed by atoms with Crippen LogP contribution in [0.25, 0.3) is 0 Å². The Morgan fingerprint density at radius 1 is 0.296 bits per heavy atom. The molecule has 0 heterocycles. The maximum atomic E-state index is 13.1. The molecule has 0 saturated carbocycles. The topological polar surface area (TPSA) is 237 Å². The molecule has 0 spiro atoms. The quantitative estimate of drug-likeness (QED) is 0.0128. The van der Waals surface area contributed by atoms with Crippen molar-refractivity contribution in [2.45, 2.75) is 367 Å². The fraction of sp³-hybridized carbons (Fsp3) is 0.797. The highest BCUT2D eigenvalue weighted by molar-refractivity contribution is 7.47. The Morgan fingerprint density at radius 3 is 0.857 bits per heavy atom. The number of carbonyl (C=O) groups is 4. The van der Waals surface area contributed by atoms with Gasteiger partial charge in [0.2, 0.25) is 0 Å². The zero-order valence-electron chi connectivity index (χ0n) is 62.2. The minimum Gasteiger partial charge on any atom is -0.462 e. The summed E-state index contributed by atoms with van der Waals surface area (Å²) in [5.74, 6) is -2.20. The highest BCUT2D eigenvalue weighted by atomic mass is 31.2. The van der Waals surface area contributed by atoms with Crippen molar-refractivity contribution in [2.75, 3.05) is 39.6 Å². The molecule has 0 fully saturated rings. The molecule has 0 aliphatic carbocycles. The van der Waals surface area contributed by atoms with E-state index in [1.54, 1.807) is 0 Å². The molecule has 5 atom stereocenters. The Kier molecular flexibility index (Phi) is 69.3. The highest BCUT2D eigenvalue weighted by Gasteiger charge is 2.30. The smallest absolute Gasteiger partial charge is 0.462 e. The van der Waals surface area contributed by atoms with Gasteiger partial charge in [0.05, 0.1) is 26.4 Å². The Morgan fingerprint density at radius 2 is 0.531 bits per heavy atom. The van der Waals surface area contributed by atoms with E-state index in [9.17, 15) is 43.2 Å². The van der Waals surface area contributed by atoms with Crippen LogP contribution in [0.15, 0.2) is 72.9 Å². The van der Waals surface area contributed by atoms with Crippen molar-refractivity contribution in [2.24, 2.45) is 0 Å². The van der Waals surface area contributed by atoms with Crippen LogP contribution in [0.3, 0.4) is 0 Å². The van der Waals surface area contributed by atoms with Crippen LogP contribution in [0.4, 0.5) is 0 Å². The number of carbonyl (C=O) groups excluding carboxylic acids is 4. The van der Waals surface area contributed by atoms with E-state index in [4.69, 9.17) is 37.0 Å². The molecule has 0 aromatic heterocycles. The highest BCUT2D eigenvalue weighted by Crippen LogP contribution is 2.45. The van der Waals surface area contributed by atoms with E-state index in [0.29, 0.717) is 25.7 Å². The molecule has 98 heavy (non-hydrogen) atoms. The van der Waals surface area contributed by atoms with E-state index in [-0.39, 0.29) is 25.7 Å². The first-order valence-corrected chi connectivity index (χ1v) is 42.2. The van der Waals surface area contributed by atoms with Gasteiger partial charge < -0.3 is 33.8 Å². The summed E-state index contributed by atoms with van der Waals surface area (Å²) in [5, 5.41) is 10.6. The van der Waals surface area contributed by atoms with Gasteiger partial charge in [0.25, 0.3) is 0 Å². The third kappa shape index (κ3) is 70.9. The van der Waals surface area contributed by atoms with Crippen molar-refractivity contribution in [3.8, 4) is 0 Å². The van der Waals surface area contributed by atoms with Crippen molar-refractivity contribution in [1.82, 2.24) is 0 Å². The number of hydrogen-bond donors (Lipinski definition) is 3. The normalized spacial score (nSPS) is 14.3. The molecule has 3 N–H and O–H groups in total. The van der Waals surface area contributed by atoms with Crippen LogP contribution in [-0.4, -0.2) is 96.7 Å². The van der Waals surface area contributed by atoms with E-state index in [2.05, 4.69) is 101 Å². The van der Waals surface area contributed by atoms with Gasteiger partial charge in [-0.2, -0.15) is 0 Å². The van der Waals surface area contributed by atoms with E-state index in [1.807, 2.05) is 0 Å². The Hall–Kier alpha value is -3.50. The number of esters is 4. The molecule has 0 aliphatic heterocycles. The Labute approximate surface area is 596 Å². The van der Waals surface area contributed by atoms with E-state index in [1.165, 1.54) is 109 Å². The molecule has 0 aromatic carbocycles. The molecule has 0 radical (unpaired) electrons. The largest absolute Gasteiger partial charge is 0.472 e. The first-order valence-electron chi connectivity index (χ1n) is 39.2. The molecule has 570 valence electrons. The van der Waals surface area contributed by atoms with Gasteiger partial charge in [-0.1, -0.05) is 261 Å². The fourth-order valence-corrected chi connectivity index (χ4v) is 12.2. The lowest BCUT2D eigenvalue weighted by atomic mass is 10.1. The summed E-state index contributed by atoms with van der Waals surface area (Å²) in [4.78, 5) is 72.9. The summed E-state index contributed by atoms with van der Waals surface area (Å²) in [6.45, 7) is 4.80. The summed E-state index contributed by atoms with van der Waals surface area (Å²) >= 11 is 0. The first-order chi connectivity index (χ1) is 47.7. The molecule has 0 saturated heterocycles. The van der Waals surface area contributed by atoms with Crippen LogP contribution in [0, 0.1) is 0 Å². The molecular formula is C79H142O17P2. The Balaban J connectivity index is 5.36. The lowest BCUT2D eigenvalue weighted by Crippen LogP contribution is -2.30. The molecule has 2 unspecified atom stereocenters. The zero-order chi connectivity index (χ0) is 71.8. The third-order valence-electron chi connectivity index (χ3n) is 16.6. The lowest BCUT2D eigenvalue weighted by molar-refractivity contribution is -0.161. The number of phosphoric ester groups is 2. The van der Waals surface area contributed by atoms with Crippen LogP contribution < -0.4 is 0 Å². The van der Waals surface area contributed by atoms with Crippen molar-refractivity contribution in [3.63, 3.8) is 0 Å². The molecule has 0 rings (SSSR count). The number of aliphatic hydroxyl groups is 1. The van der Waals surface area contributed by atoms with Gasteiger partial charge >= 0.3 is 39.5 Å². The summed E-state index contributed by atoms with van der Waals surface area (Å²) in [6, 6.07) is 0. The number of hydrogen-bond acceptors (Lipinski definition) is 15. The molecule has 0 aliphatic rings. The minimum absolute atomic E-state index is 0.0796. The van der Waals surface area contributed by atoms with Gasteiger partial charge in [-0.15, -0.1) is 0 Å². The van der Waals surface area contributed by atoms with E-state index < -0.39 is 97.5 Å². The van der Waals surface area contributed by atoms with Gasteiger partial charge in [-0.25, -0.2) is 9.13 Å². The van der Waals surface area contributed by atoms with Crippen molar-refractivity contribution in [3.05, 3.63) is 72.9 Å². The second-order valence-corrected chi connectivity index (χ2v) is 29.2. The SMILES string of the molecule is CCCCC/C=C\C/C=C\CCCCCCCC(=O)O[C@H](COC(=O)CCCCCCC/C=C\CCCCCCCC)COP(=O)(O)OC[C@H](O)COP(=O)(O)OC[C@@H](COC(=O)CCCCCCC/C=C\C=C/CCCCCC)OC(=O)CCCCCCC/C=C\CCCCCC. The van der Waals surface area contributed by atoms with Crippen LogP contribution in [0.1, 0.15) is 349 Å². The van der Waals surface area contributed by atoms with Gasteiger partial charge in [-0.3, -0.25) is 37.3 Å². The van der Waals surface area contributed by atoms with Gasteiger partial charge in [0.1, 0.15) is 19.3 Å². The molecule has 0 amide bonds. The molecule has 19 heteroatoms. The number of phosphoric acid groups is 2. The second-order valence-electron chi connectivity index (χ2n) is 26.3. The van der Waals surface area contributed by atoms with Crippen molar-refractivity contribution in [1.29, 1.82) is 0 Å². The summed E-state index contributed by atoms with van der Waals surface area (Å²) in [7, 11) is -9.95. The number of rotatable bonds is 74. The predicted octanol–water partition coefficient (Wildman–Crippen LogP) is 22.4. The standard InChI is InChI=1S/C79H142O17P2/c1-5-9-13-17-21-25-29-33-36-40-43-47-51-55-59-63-76(81)89-69-74(95-78(83)65-61-57-53-49-45-39-32-28-24-20-16-12-8-4)71-93-97(85,86)91-67-73(80)68-92-98(87,88)94-72-75(96-79(84)66-62-58-54-50-46-42-38-35-31-27-23-19-15-11-7-3)70-90-77(82)64-60-56-52-48-44-41-37-34-30-26-22-18-14-10-6-2/h23,25,27-29,32-38,73-75,80H,5-22,24,26,30-31,39-72H2,1-4H3,(H,85,86)(H,87,88)/b27-23-,29-25-,32-28-,36-33-,37-34-,38-35-/t73-,74-,75-/m1/s1. The fourth-order valence-electron chi connectivity index (χ4n) is 10.6. The summed E-state index contributed by atoms with van der Waals surface area (Å²) in [5.41, 5.74) is 0. The summed E-state index contributed by atoms with van der Waals surface area (Å²) < 4.78 is 68.5. The average molecular weight is 1430 g/mol. The number of unbranched alkanes of at least 4 members (excludes halogenated alkanes) is 37. The van der Waals surface area contributed by atoms with Crippen molar-refractivity contribution >= 4 is 39.5 Å². The van der Waals surface area contributed by atoms with Crippen molar-refractivity contribution < 1.29 is 80.2 Å². The van der Waals surface area contributed by atoms with E-state index >= 15 is 0 Å². The first kappa shape index (κ1) is 94.5. The van der Waals surface area contributed by atoms with Crippen LogP contribution in [-0.2, 0) is 65.4 Å². The maximum Gasteiger partial charge on any atom is 0.472 e. The number of allylic oxidation sites excluding steroid dienone is 12. The molecule has 0 bridgehead atoms. The molecule has 17 nitrogen and oxygen atoms in total. The van der Waals surface area contributed by atoms with Gasteiger partial charge in [0.15, 0.2) is 12.2 Å².